The Kier molecular flexibility index (Phi) is 3.11. The minimum Gasteiger partial charge on any atom is -0.311 e. The highest BCUT2D eigenvalue weighted by atomic mass is 79.9. The van der Waals surface area contributed by atoms with E-state index in [9.17, 15) is 18.0 Å². The van der Waals surface area contributed by atoms with Gasteiger partial charge in [0.1, 0.15) is 5.69 Å². The lowest BCUT2D eigenvalue weighted by Crippen LogP contribution is -2.25. The predicted molar refractivity (Wildman–Crippen MR) is 58.9 cm³/mol. The molecule has 0 bridgehead atoms. The number of amides is 1. The van der Waals surface area contributed by atoms with Crippen molar-refractivity contribution in [1.29, 1.82) is 0 Å². The third-order valence-electron chi connectivity index (χ3n) is 2.42. The lowest BCUT2D eigenvalue weighted by atomic mass is 10.3. The Morgan fingerprint density at radius 1 is 1.47 bits per heavy atom. The molecule has 1 fully saturated rings. The summed E-state index contributed by atoms with van der Waals surface area (Å²) in [5.74, 6) is -0.189. The number of hydrogen-bond donors (Lipinski definition) is 0. The fraction of sp³-hybridized carbons (Fsp3) is 0.400. The van der Waals surface area contributed by atoms with Crippen LogP contribution in [0.1, 0.15) is 12.1 Å². The molecular weight excluding hydrogens is 301 g/mol. The van der Waals surface area contributed by atoms with E-state index in [-0.39, 0.29) is 16.4 Å². The van der Waals surface area contributed by atoms with E-state index >= 15 is 0 Å². The number of halogens is 4. The minimum atomic E-state index is -4.49. The molecule has 0 radical (unpaired) electrons. The number of rotatable bonds is 1. The highest BCUT2D eigenvalue weighted by Gasteiger charge is 2.34. The number of aromatic nitrogens is 1. The lowest BCUT2D eigenvalue weighted by Gasteiger charge is -2.17. The molecule has 1 aliphatic rings. The smallest absolute Gasteiger partial charge is 0.311 e. The van der Waals surface area contributed by atoms with Gasteiger partial charge in [-0.25, -0.2) is 0 Å². The van der Waals surface area contributed by atoms with Gasteiger partial charge in [-0.3, -0.25) is 9.78 Å². The van der Waals surface area contributed by atoms with Crippen LogP contribution in [-0.2, 0) is 11.0 Å². The molecule has 0 N–H and O–H groups in total. The van der Waals surface area contributed by atoms with Crippen molar-refractivity contribution in [2.45, 2.75) is 17.4 Å². The molecule has 1 aromatic rings. The van der Waals surface area contributed by atoms with Crippen LogP contribution in [-0.4, -0.2) is 22.3 Å². The Morgan fingerprint density at radius 2 is 2.18 bits per heavy atom. The number of pyridine rings is 1. The van der Waals surface area contributed by atoms with Crippen molar-refractivity contribution >= 4 is 27.5 Å². The maximum absolute atomic E-state index is 12.5. The van der Waals surface area contributed by atoms with Crippen LogP contribution in [0.3, 0.4) is 0 Å². The van der Waals surface area contributed by atoms with Crippen molar-refractivity contribution in [3.05, 3.63) is 24.0 Å². The molecule has 17 heavy (non-hydrogen) atoms. The summed E-state index contributed by atoms with van der Waals surface area (Å²) in [5.41, 5.74) is -0.750. The van der Waals surface area contributed by atoms with E-state index in [1.54, 1.807) is 0 Å². The summed E-state index contributed by atoms with van der Waals surface area (Å²) in [5, 5.41) is 0. The van der Waals surface area contributed by atoms with Crippen LogP contribution in [0.15, 0.2) is 18.3 Å². The quantitative estimate of drug-likeness (QED) is 0.747. The maximum Gasteiger partial charge on any atom is 0.433 e. The molecule has 2 rings (SSSR count). The Balaban J connectivity index is 2.31. The molecule has 1 aromatic heterocycles. The van der Waals surface area contributed by atoms with Gasteiger partial charge in [-0.05, 0) is 12.1 Å². The van der Waals surface area contributed by atoms with Gasteiger partial charge in [-0.1, -0.05) is 15.9 Å². The van der Waals surface area contributed by atoms with Gasteiger partial charge in [0.2, 0.25) is 5.91 Å². The Morgan fingerprint density at radius 3 is 2.71 bits per heavy atom. The molecule has 1 amide bonds. The monoisotopic (exact) mass is 308 g/mol. The van der Waals surface area contributed by atoms with Crippen LogP contribution in [0, 0.1) is 0 Å². The number of anilines is 1. The topological polar surface area (TPSA) is 33.2 Å². The second-order valence-corrected chi connectivity index (χ2v) is 5.00. The number of carbonyl (C=O) groups is 1. The predicted octanol–water partition coefficient (Wildman–Crippen LogP) is 2.60. The third-order valence-corrected chi connectivity index (χ3v) is 3.04. The number of carbonyl (C=O) groups excluding carboxylic acids is 1. The van der Waals surface area contributed by atoms with Gasteiger partial charge in [0.05, 0.1) is 0 Å². The molecule has 1 atom stereocenters. The van der Waals surface area contributed by atoms with Crippen molar-refractivity contribution < 1.29 is 18.0 Å². The summed E-state index contributed by atoms with van der Waals surface area (Å²) in [6, 6.07) is 2.29. The van der Waals surface area contributed by atoms with Gasteiger partial charge in [0.25, 0.3) is 0 Å². The normalized spacial score (nSPS) is 21.1. The van der Waals surface area contributed by atoms with Crippen molar-refractivity contribution in [1.82, 2.24) is 4.98 Å². The summed E-state index contributed by atoms with van der Waals surface area (Å²) in [6.07, 6.45) is -3.14. The van der Waals surface area contributed by atoms with Crippen LogP contribution in [0.5, 0.6) is 0 Å². The summed E-state index contributed by atoms with van der Waals surface area (Å²) in [7, 11) is 0. The summed E-state index contributed by atoms with van der Waals surface area (Å²) < 4.78 is 37.4. The van der Waals surface area contributed by atoms with E-state index in [0.29, 0.717) is 13.0 Å². The van der Waals surface area contributed by atoms with Crippen molar-refractivity contribution in [3.63, 3.8) is 0 Å². The first-order valence-electron chi connectivity index (χ1n) is 4.85. The standard InChI is InChI=1S/C10H8BrF3N2O/c11-6-3-9(17)16(5-6)7-1-2-15-8(4-7)10(12,13)14/h1-2,4,6H,3,5H2. The number of alkyl halides is 4. The maximum atomic E-state index is 12.5. The Labute approximate surface area is 104 Å². The second-order valence-electron chi connectivity index (χ2n) is 3.70. The first-order valence-corrected chi connectivity index (χ1v) is 5.77. The summed E-state index contributed by atoms with van der Waals surface area (Å²) in [4.78, 5) is 16.1. The van der Waals surface area contributed by atoms with Gasteiger partial charge in [0, 0.05) is 29.7 Å². The number of hydrogen-bond acceptors (Lipinski definition) is 2. The average molecular weight is 309 g/mol. The first-order chi connectivity index (χ1) is 7.88. The molecular formula is C10H8BrF3N2O. The molecule has 1 saturated heterocycles. The van der Waals surface area contributed by atoms with Gasteiger partial charge in [-0.2, -0.15) is 13.2 Å². The molecule has 7 heteroatoms. The van der Waals surface area contributed by atoms with Gasteiger partial charge in [0.15, 0.2) is 0 Å². The fourth-order valence-electron chi connectivity index (χ4n) is 1.66. The van der Waals surface area contributed by atoms with Crippen molar-refractivity contribution in [2.75, 3.05) is 11.4 Å². The van der Waals surface area contributed by atoms with Gasteiger partial charge < -0.3 is 4.90 Å². The molecule has 0 aliphatic carbocycles. The largest absolute Gasteiger partial charge is 0.433 e. The van der Waals surface area contributed by atoms with E-state index in [4.69, 9.17) is 0 Å². The zero-order valence-corrected chi connectivity index (χ0v) is 10.1. The molecule has 1 aliphatic heterocycles. The first kappa shape index (κ1) is 12.3. The summed E-state index contributed by atoms with van der Waals surface area (Å²) >= 11 is 3.27. The third kappa shape index (κ3) is 2.59. The molecule has 2 heterocycles. The Hall–Kier alpha value is -1.11. The highest BCUT2D eigenvalue weighted by Crippen LogP contribution is 2.31. The van der Waals surface area contributed by atoms with Crippen LogP contribution in [0.4, 0.5) is 18.9 Å². The summed E-state index contributed by atoms with van der Waals surface area (Å²) in [6.45, 7) is 0.375. The van der Waals surface area contributed by atoms with Crippen LogP contribution >= 0.6 is 15.9 Å². The highest BCUT2D eigenvalue weighted by molar-refractivity contribution is 9.09. The van der Waals surface area contributed by atoms with E-state index in [0.717, 1.165) is 12.3 Å². The average Bonchev–Trinajstić information content (AvgIpc) is 2.57. The van der Waals surface area contributed by atoms with Gasteiger partial charge >= 0.3 is 6.18 Å². The second kappa shape index (κ2) is 4.29. The SMILES string of the molecule is O=C1CC(Br)CN1c1ccnc(C(F)(F)F)c1. The van der Waals surface area contributed by atoms with Gasteiger partial charge in [-0.15, -0.1) is 0 Å². The van der Waals surface area contributed by atoms with E-state index in [1.807, 2.05) is 0 Å². The van der Waals surface area contributed by atoms with E-state index in [2.05, 4.69) is 20.9 Å². The molecule has 0 aromatic carbocycles. The zero-order valence-electron chi connectivity index (χ0n) is 8.54. The number of nitrogens with zero attached hydrogens (tertiary/aromatic N) is 2. The molecule has 92 valence electrons. The minimum absolute atomic E-state index is 0.0162. The molecule has 1 unspecified atom stereocenters. The lowest BCUT2D eigenvalue weighted by molar-refractivity contribution is -0.141. The van der Waals surface area contributed by atoms with Crippen LogP contribution in [0.25, 0.3) is 0 Å². The van der Waals surface area contributed by atoms with E-state index in [1.165, 1.54) is 11.0 Å². The zero-order chi connectivity index (χ0) is 12.6. The van der Waals surface area contributed by atoms with E-state index < -0.39 is 11.9 Å². The van der Waals surface area contributed by atoms with Crippen LogP contribution in [0.2, 0.25) is 0 Å². The molecule has 0 spiro atoms. The van der Waals surface area contributed by atoms with Crippen molar-refractivity contribution in [3.8, 4) is 0 Å². The Bertz CT molecular complexity index is 449. The fourth-order valence-corrected chi connectivity index (χ4v) is 2.22. The molecule has 3 nitrogen and oxygen atoms in total. The molecule has 0 saturated carbocycles. The van der Waals surface area contributed by atoms with Crippen LogP contribution < -0.4 is 4.90 Å². The van der Waals surface area contributed by atoms with Crippen molar-refractivity contribution in [2.24, 2.45) is 0 Å².